The summed E-state index contributed by atoms with van der Waals surface area (Å²) in [5, 5.41) is 9.44. The zero-order chi connectivity index (χ0) is 28.6. The van der Waals surface area contributed by atoms with E-state index in [0.29, 0.717) is 35.8 Å². The average Bonchev–Trinajstić information content (AvgIpc) is 3.65. The van der Waals surface area contributed by atoms with Gasteiger partial charge in [0, 0.05) is 54.1 Å². The van der Waals surface area contributed by atoms with E-state index in [9.17, 15) is 4.79 Å². The normalized spacial score (nSPS) is 16.3. The number of rotatable bonds is 7. The van der Waals surface area contributed by atoms with Gasteiger partial charge in [0.05, 0.1) is 24.4 Å². The molecular weight excluding hydrogens is 542 g/mol. The van der Waals surface area contributed by atoms with Gasteiger partial charge in [-0.05, 0) is 25.1 Å². The molecule has 0 bridgehead atoms. The van der Waals surface area contributed by atoms with Crippen molar-refractivity contribution in [3.8, 4) is 17.1 Å². The van der Waals surface area contributed by atoms with Crippen LogP contribution in [0.1, 0.15) is 33.5 Å². The number of fused-ring (bicyclic) bond motifs is 3. The molecule has 1 unspecified atom stereocenters. The first-order valence-electron chi connectivity index (χ1n) is 13.6. The SMILES string of the molecule is CC1COCCN1CCOc1ccc2c(n1)sc1nc(-c3ccc(NC(=O)Nc4cc(C(C)(C)C)on4)cc3)cn12. The number of carbonyl (C=O) groups is 1. The van der Waals surface area contributed by atoms with Crippen molar-refractivity contribution in [2.75, 3.05) is 43.5 Å². The highest BCUT2D eigenvalue weighted by molar-refractivity contribution is 7.23. The Balaban J connectivity index is 1.08. The zero-order valence-electron chi connectivity index (χ0n) is 23.5. The van der Waals surface area contributed by atoms with Crippen molar-refractivity contribution in [3.05, 3.63) is 54.4 Å². The number of carbonyl (C=O) groups excluding carboxylic acids is 1. The number of thiazole rings is 1. The Morgan fingerprint density at radius 3 is 2.73 bits per heavy atom. The third kappa shape index (κ3) is 6.04. The van der Waals surface area contributed by atoms with Crippen molar-refractivity contribution >= 4 is 44.2 Å². The lowest BCUT2D eigenvalue weighted by atomic mass is 9.93. The van der Waals surface area contributed by atoms with E-state index in [1.165, 1.54) is 11.3 Å². The summed E-state index contributed by atoms with van der Waals surface area (Å²) in [6, 6.07) is 13.2. The van der Waals surface area contributed by atoms with Crippen molar-refractivity contribution in [2.45, 2.75) is 39.2 Å². The van der Waals surface area contributed by atoms with Gasteiger partial charge in [0.15, 0.2) is 10.8 Å². The molecule has 2 N–H and O–H groups in total. The molecule has 4 aromatic heterocycles. The summed E-state index contributed by atoms with van der Waals surface area (Å²) in [6.07, 6.45) is 2.00. The lowest BCUT2D eigenvalue weighted by Crippen LogP contribution is -2.45. The molecule has 1 aromatic carbocycles. The summed E-state index contributed by atoms with van der Waals surface area (Å²) in [6.45, 7) is 12.1. The van der Waals surface area contributed by atoms with Crippen LogP contribution in [0.5, 0.6) is 5.88 Å². The Kier molecular flexibility index (Phi) is 7.37. The number of nitrogens with zero attached hydrogens (tertiary/aromatic N) is 5. The van der Waals surface area contributed by atoms with Crippen molar-refractivity contribution in [3.63, 3.8) is 0 Å². The van der Waals surface area contributed by atoms with Crippen LogP contribution in [0.4, 0.5) is 16.3 Å². The molecule has 5 aromatic rings. The van der Waals surface area contributed by atoms with Gasteiger partial charge in [0.25, 0.3) is 0 Å². The fourth-order valence-corrected chi connectivity index (χ4v) is 5.61. The van der Waals surface area contributed by atoms with Gasteiger partial charge >= 0.3 is 6.03 Å². The molecule has 1 atom stereocenters. The standard InChI is InChI=1S/C29H33N7O4S/c1-18-17-38-13-11-35(18)12-14-39-25-10-9-22-26(33-25)41-28-31-21(16-36(22)28)19-5-7-20(8-6-19)30-27(37)32-24-15-23(40-34-24)29(2,3)4/h5-10,15-16,18H,11-14,17H2,1-4H3,(H2,30,32,34,37). The fraction of sp³-hybridized carbons (Fsp3) is 0.379. The van der Waals surface area contributed by atoms with Crippen LogP contribution in [0.25, 0.3) is 26.6 Å². The Labute approximate surface area is 241 Å². The first-order chi connectivity index (χ1) is 19.7. The van der Waals surface area contributed by atoms with E-state index < -0.39 is 6.03 Å². The van der Waals surface area contributed by atoms with E-state index in [4.69, 9.17) is 24.0 Å². The summed E-state index contributed by atoms with van der Waals surface area (Å²) >= 11 is 1.52. The number of morpholine rings is 1. The second kappa shape index (κ2) is 11.1. The molecule has 5 heterocycles. The highest BCUT2D eigenvalue weighted by Crippen LogP contribution is 2.30. The molecule has 11 nitrogen and oxygen atoms in total. The molecule has 1 aliphatic heterocycles. The van der Waals surface area contributed by atoms with E-state index in [2.05, 4.69) is 27.6 Å². The minimum atomic E-state index is -0.396. The molecule has 0 aliphatic carbocycles. The van der Waals surface area contributed by atoms with Crippen LogP contribution in [0.2, 0.25) is 0 Å². The number of benzene rings is 1. The van der Waals surface area contributed by atoms with Gasteiger partial charge in [-0.15, -0.1) is 0 Å². The monoisotopic (exact) mass is 575 g/mol. The predicted octanol–water partition coefficient (Wildman–Crippen LogP) is 5.64. The van der Waals surface area contributed by atoms with Crippen LogP contribution in [0.15, 0.2) is 53.2 Å². The topological polar surface area (TPSA) is 119 Å². The molecule has 12 heteroatoms. The quantitative estimate of drug-likeness (QED) is 0.256. The molecule has 41 heavy (non-hydrogen) atoms. The lowest BCUT2D eigenvalue weighted by Gasteiger charge is -2.32. The van der Waals surface area contributed by atoms with Gasteiger partial charge in [-0.25, -0.2) is 14.8 Å². The van der Waals surface area contributed by atoms with Crippen molar-refractivity contribution in [1.29, 1.82) is 0 Å². The Hall–Kier alpha value is -4.00. The van der Waals surface area contributed by atoms with Crippen molar-refractivity contribution < 1.29 is 18.8 Å². The van der Waals surface area contributed by atoms with Gasteiger partial charge in [-0.1, -0.05) is 49.4 Å². The number of hydrogen-bond acceptors (Lipinski definition) is 9. The molecule has 0 radical (unpaired) electrons. The predicted molar refractivity (Wildman–Crippen MR) is 159 cm³/mol. The van der Waals surface area contributed by atoms with Gasteiger partial charge < -0.3 is 19.3 Å². The van der Waals surface area contributed by atoms with Crippen molar-refractivity contribution in [2.24, 2.45) is 0 Å². The van der Waals surface area contributed by atoms with Crippen LogP contribution >= 0.6 is 11.3 Å². The first kappa shape index (κ1) is 27.2. The fourth-order valence-electron chi connectivity index (χ4n) is 4.64. The minimum absolute atomic E-state index is 0.191. The number of nitrogens with one attached hydrogen (secondary N) is 2. The van der Waals surface area contributed by atoms with Crippen LogP contribution in [0.3, 0.4) is 0 Å². The number of hydrogen-bond donors (Lipinski definition) is 2. The Bertz CT molecular complexity index is 1670. The third-order valence-electron chi connectivity index (χ3n) is 7.00. The van der Waals surface area contributed by atoms with Crippen LogP contribution in [-0.4, -0.2) is 69.4 Å². The maximum atomic E-state index is 12.4. The molecule has 6 rings (SSSR count). The van der Waals surface area contributed by atoms with Crippen LogP contribution in [-0.2, 0) is 10.2 Å². The number of amides is 2. The summed E-state index contributed by atoms with van der Waals surface area (Å²) in [5.41, 5.74) is 3.22. The number of anilines is 2. The zero-order valence-corrected chi connectivity index (χ0v) is 24.3. The molecular formula is C29H33N7O4S. The minimum Gasteiger partial charge on any atom is -0.476 e. The maximum absolute atomic E-state index is 12.4. The molecule has 2 amide bonds. The third-order valence-corrected chi connectivity index (χ3v) is 7.96. The summed E-state index contributed by atoms with van der Waals surface area (Å²) in [4.78, 5) is 26.1. The summed E-state index contributed by atoms with van der Waals surface area (Å²) < 4.78 is 18.8. The second-order valence-corrected chi connectivity index (χ2v) is 12.1. The van der Waals surface area contributed by atoms with E-state index in [0.717, 1.165) is 52.9 Å². The number of imidazole rings is 1. The molecule has 214 valence electrons. The van der Waals surface area contributed by atoms with E-state index in [1.54, 1.807) is 6.07 Å². The van der Waals surface area contributed by atoms with Crippen LogP contribution < -0.4 is 15.4 Å². The first-order valence-corrected chi connectivity index (χ1v) is 14.4. The smallest absolute Gasteiger partial charge is 0.324 e. The Morgan fingerprint density at radius 2 is 1.98 bits per heavy atom. The summed E-state index contributed by atoms with van der Waals surface area (Å²) in [5.74, 6) is 1.68. The molecule has 1 saturated heterocycles. The molecule has 0 spiro atoms. The van der Waals surface area contributed by atoms with E-state index >= 15 is 0 Å². The lowest BCUT2D eigenvalue weighted by molar-refractivity contribution is -0.00532. The largest absolute Gasteiger partial charge is 0.476 e. The summed E-state index contributed by atoms with van der Waals surface area (Å²) in [7, 11) is 0. The molecule has 0 saturated carbocycles. The van der Waals surface area contributed by atoms with Gasteiger partial charge in [-0.2, -0.15) is 0 Å². The average molecular weight is 576 g/mol. The molecule has 1 fully saturated rings. The molecule has 1 aliphatic rings. The second-order valence-electron chi connectivity index (χ2n) is 11.1. The van der Waals surface area contributed by atoms with Gasteiger partial charge in [-0.3, -0.25) is 14.6 Å². The van der Waals surface area contributed by atoms with Crippen molar-refractivity contribution in [1.82, 2.24) is 24.4 Å². The van der Waals surface area contributed by atoms with Crippen LogP contribution in [0, 0.1) is 0 Å². The maximum Gasteiger partial charge on any atom is 0.324 e. The Morgan fingerprint density at radius 1 is 1.15 bits per heavy atom. The number of ether oxygens (including phenoxy) is 2. The van der Waals surface area contributed by atoms with Gasteiger partial charge in [0.2, 0.25) is 5.88 Å². The number of aromatic nitrogens is 4. The van der Waals surface area contributed by atoms with Gasteiger partial charge in [0.1, 0.15) is 17.2 Å². The van der Waals surface area contributed by atoms with E-state index in [1.807, 2.05) is 67.8 Å². The number of urea groups is 1. The van der Waals surface area contributed by atoms with E-state index in [-0.39, 0.29) is 5.41 Å². The highest BCUT2D eigenvalue weighted by Gasteiger charge is 2.21. The highest BCUT2D eigenvalue weighted by atomic mass is 32.1. The number of pyridine rings is 1.